The van der Waals surface area contributed by atoms with Gasteiger partial charge in [-0.1, -0.05) is 59.5 Å². The summed E-state index contributed by atoms with van der Waals surface area (Å²) in [7, 11) is 0. The fourth-order valence-electron chi connectivity index (χ4n) is 2.50. The molecule has 0 aliphatic carbocycles. The smallest absolute Gasteiger partial charge is 0.143 e. The predicted molar refractivity (Wildman–Crippen MR) is 99.8 cm³/mol. The Balaban J connectivity index is 0.000000921. The number of anilines is 1. The van der Waals surface area contributed by atoms with Gasteiger partial charge in [0.25, 0.3) is 0 Å². The molecule has 0 amide bonds. The van der Waals surface area contributed by atoms with E-state index in [4.69, 9.17) is 0 Å². The van der Waals surface area contributed by atoms with E-state index in [0.717, 1.165) is 12.3 Å². The maximum absolute atomic E-state index is 3.09. The van der Waals surface area contributed by atoms with E-state index in [1.54, 1.807) is 0 Å². The highest BCUT2D eigenvalue weighted by Crippen LogP contribution is 2.22. The minimum absolute atomic E-state index is 0.941. The Bertz CT molecular complexity index is 405. The van der Waals surface area contributed by atoms with Gasteiger partial charge in [0.1, 0.15) is 6.71 Å². The summed E-state index contributed by atoms with van der Waals surface area (Å²) in [6, 6.07) is 8.65. The quantitative estimate of drug-likeness (QED) is 0.516. The molecule has 2 rings (SSSR count). The molecule has 1 aliphatic heterocycles. The van der Waals surface area contributed by atoms with Crippen LogP contribution in [0.2, 0.25) is 19.0 Å². The monoisotopic (exact) mass is 285 g/mol. The van der Waals surface area contributed by atoms with E-state index >= 15 is 0 Å². The lowest BCUT2D eigenvalue weighted by Crippen LogP contribution is -2.36. The van der Waals surface area contributed by atoms with Crippen molar-refractivity contribution in [3.05, 3.63) is 29.8 Å². The number of rotatable bonds is 2. The van der Waals surface area contributed by atoms with Gasteiger partial charge in [-0.05, 0) is 31.2 Å². The summed E-state index contributed by atoms with van der Waals surface area (Å²) in [5.41, 5.74) is 2.46. The lowest BCUT2D eigenvalue weighted by molar-refractivity contribution is 0.813. The first-order chi connectivity index (χ1) is 10.3. The van der Waals surface area contributed by atoms with Gasteiger partial charge in [0.05, 0.1) is 0 Å². The van der Waals surface area contributed by atoms with Gasteiger partial charge in [0.15, 0.2) is 0 Å². The van der Waals surface area contributed by atoms with E-state index in [9.17, 15) is 0 Å². The number of benzene rings is 1. The van der Waals surface area contributed by atoms with E-state index in [2.05, 4.69) is 47.9 Å². The van der Waals surface area contributed by atoms with Gasteiger partial charge in [-0.15, -0.1) is 5.92 Å². The molecule has 0 radical (unpaired) electrons. The minimum atomic E-state index is 0.941. The largest absolute Gasteiger partial charge is 0.373 e. The predicted octanol–water partition coefficient (Wildman–Crippen LogP) is 5.45. The summed E-state index contributed by atoms with van der Waals surface area (Å²) < 4.78 is 0. The van der Waals surface area contributed by atoms with Gasteiger partial charge in [0.2, 0.25) is 0 Å². The Morgan fingerprint density at radius 2 is 1.52 bits per heavy atom. The van der Waals surface area contributed by atoms with Crippen molar-refractivity contribution in [2.45, 2.75) is 60.5 Å². The molecule has 1 aliphatic rings. The zero-order valence-corrected chi connectivity index (χ0v) is 14.9. The van der Waals surface area contributed by atoms with E-state index in [1.165, 1.54) is 37.7 Å². The van der Waals surface area contributed by atoms with E-state index in [1.807, 2.05) is 34.6 Å². The zero-order valence-electron chi connectivity index (χ0n) is 14.9. The van der Waals surface area contributed by atoms with E-state index in [-0.39, 0.29) is 0 Å². The van der Waals surface area contributed by atoms with Crippen molar-refractivity contribution in [3.63, 3.8) is 0 Å². The molecular weight excluding hydrogens is 253 g/mol. The lowest BCUT2D eigenvalue weighted by atomic mass is 9.42. The Hall–Kier alpha value is -1.36. The van der Waals surface area contributed by atoms with Gasteiger partial charge < -0.3 is 4.90 Å². The maximum atomic E-state index is 3.09. The average Bonchev–Trinajstić information content (AvgIpc) is 2.60. The number of hydrogen-bond acceptors (Lipinski definition) is 1. The van der Waals surface area contributed by atoms with Crippen LogP contribution in [-0.2, 0) is 0 Å². The van der Waals surface area contributed by atoms with Gasteiger partial charge in [0, 0.05) is 24.3 Å². The molecule has 1 saturated heterocycles. The third-order valence-electron chi connectivity index (χ3n) is 3.69. The fraction of sp³-hybridized carbons (Fsp3) is 0.579. The second-order valence-electron chi connectivity index (χ2n) is 4.76. The normalized spacial score (nSPS) is 13.0. The molecule has 1 fully saturated rings. The van der Waals surface area contributed by atoms with E-state index < -0.39 is 0 Å². The zero-order chi connectivity index (χ0) is 16.1. The van der Waals surface area contributed by atoms with Crippen molar-refractivity contribution in [3.8, 4) is 11.8 Å². The molecule has 21 heavy (non-hydrogen) atoms. The standard InChI is InChI=1S/C15H20BN.2C2H6/c1-3-5-14-6-8-15(9-7-14)17-12-10-16(4-2)11-13-17;2*1-2/h6-9H,4,10-13H2,1-2H3;2*1-2H3. The molecule has 1 aromatic carbocycles. The van der Waals surface area contributed by atoms with Crippen LogP contribution >= 0.6 is 0 Å². The average molecular weight is 285 g/mol. The minimum Gasteiger partial charge on any atom is -0.373 e. The van der Waals surface area contributed by atoms with Crippen LogP contribution in [0.25, 0.3) is 0 Å². The van der Waals surface area contributed by atoms with Crippen LogP contribution in [-0.4, -0.2) is 19.8 Å². The molecule has 1 heterocycles. The topological polar surface area (TPSA) is 3.24 Å². The van der Waals surface area contributed by atoms with Crippen LogP contribution in [0.1, 0.15) is 47.1 Å². The highest BCUT2D eigenvalue weighted by molar-refractivity contribution is 6.59. The Labute approximate surface area is 133 Å². The van der Waals surface area contributed by atoms with Gasteiger partial charge >= 0.3 is 0 Å². The summed E-state index contributed by atoms with van der Waals surface area (Å²) in [6.45, 7) is 15.5. The van der Waals surface area contributed by atoms with Gasteiger partial charge in [-0.3, -0.25) is 0 Å². The Kier molecular flexibility index (Phi) is 11.6. The van der Waals surface area contributed by atoms with Crippen molar-refractivity contribution in [2.75, 3.05) is 18.0 Å². The van der Waals surface area contributed by atoms with Gasteiger partial charge in [-0.25, -0.2) is 0 Å². The van der Waals surface area contributed by atoms with Crippen LogP contribution in [0.15, 0.2) is 24.3 Å². The molecule has 2 heteroatoms. The van der Waals surface area contributed by atoms with Crippen LogP contribution in [0.5, 0.6) is 0 Å². The first kappa shape index (κ1) is 19.6. The van der Waals surface area contributed by atoms with Crippen molar-refractivity contribution in [2.24, 2.45) is 0 Å². The van der Waals surface area contributed by atoms with Crippen molar-refractivity contribution in [1.29, 1.82) is 0 Å². The molecule has 0 bridgehead atoms. The molecule has 116 valence electrons. The first-order valence-electron chi connectivity index (χ1n) is 8.61. The Morgan fingerprint density at radius 3 is 1.95 bits per heavy atom. The second-order valence-corrected chi connectivity index (χ2v) is 4.76. The molecule has 1 aromatic rings. The van der Waals surface area contributed by atoms with Crippen molar-refractivity contribution < 1.29 is 0 Å². The van der Waals surface area contributed by atoms with Crippen LogP contribution in [0.4, 0.5) is 5.69 Å². The molecular formula is C19H32BN. The number of nitrogens with zero attached hydrogens (tertiary/aromatic N) is 1. The molecule has 0 unspecified atom stereocenters. The third kappa shape index (κ3) is 6.76. The highest BCUT2D eigenvalue weighted by atomic mass is 15.1. The van der Waals surface area contributed by atoms with E-state index in [0.29, 0.717) is 0 Å². The molecule has 0 N–H and O–H groups in total. The first-order valence-corrected chi connectivity index (χ1v) is 8.61. The Morgan fingerprint density at radius 1 is 1.00 bits per heavy atom. The van der Waals surface area contributed by atoms with Crippen LogP contribution < -0.4 is 4.90 Å². The highest BCUT2D eigenvalue weighted by Gasteiger charge is 2.20. The van der Waals surface area contributed by atoms with Crippen molar-refractivity contribution >= 4 is 12.4 Å². The number of hydrogen-bond donors (Lipinski definition) is 0. The third-order valence-corrected chi connectivity index (χ3v) is 3.69. The molecule has 0 spiro atoms. The molecule has 1 nitrogen and oxygen atoms in total. The fourth-order valence-corrected chi connectivity index (χ4v) is 2.50. The maximum Gasteiger partial charge on any atom is 0.143 e. The van der Waals surface area contributed by atoms with Crippen LogP contribution in [0.3, 0.4) is 0 Å². The second kappa shape index (κ2) is 12.4. The summed E-state index contributed by atoms with van der Waals surface area (Å²) >= 11 is 0. The molecule has 0 atom stereocenters. The molecule has 0 saturated carbocycles. The summed E-state index contributed by atoms with van der Waals surface area (Å²) in [6.07, 6.45) is 4.01. The van der Waals surface area contributed by atoms with Crippen LogP contribution in [0, 0.1) is 11.8 Å². The van der Waals surface area contributed by atoms with Crippen molar-refractivity contribution in [1.82, 2.24) is 0 Å². The summed E-state index contributed by atoms with van der Waals surface area (Å²) in [4.78, 5) is 2.50. The lowest BCUT2D eigenvalue weighted by Gasteiger charge is -2.32. The molecule has 0 aromatic heterocycles. The van der Waals surface area contributed by atoms with Gasteiger partial charge in [-0.2, -0.15) is 0 Å². The summed E-state index contributed by atoms with van der Waals surface area (Å²) in [5, 5.41) is 0. The SMILES string of the molecule is CC.CC.CC#Cc1ccc(N2CCB(CC)CC2)cc1. The summed E-state index contributed by atoms with van der Waals surface area (Å²) in [5.74, 6) is 6.02.